The maximum absolute atomic E-state index is 9.20. The van der Waals surface area contributed by atoms with Crippen LogP contribution >= 0.6 is 0 Å². The van der Waals surface area contributed by atoms with Crippen molar-refractivity contribution in [1.82, 2.24) is 0 Å². The molecule has 0 bridgehead atoms. The van der Waals surface area contributed by atoms with Gasteiger partial charge in [0.25, 0.3) is 0 Å². The van der Waals surface area contributed by atoms with Crippen LogP contribution in [-0.4, -0.2) is 123 Å². The Labute approximate surface area is 544 Å². The van der Waals surface area contributed by atoms with Crippen molar-refractivity contribution in [1.29, 1.82) is 0 Å². The molecule has 0 fully saturated rings. The number of hydrogen-bond donors (Lipinski definition) is 11. The first-order chi connectivity index (χ1) is 38.3. The van der Waals surface area contributed by atoms with E-state index in [0.717, 1.165) is 57.8 Å². The fraction of sp³-hybridized carbons (Fsp3) is 1.00. The Balaban J connectivity index is -0.0000000700. The summed E-state index contributed by atoms with van der Waals surface area (Å²) in [6, 6.07) is 0. The van der Waals surface area contributed by atoms with Gasteiger partial charge in [-0.05, 0) is 152 Å². The standard InChI is InChI=1S/8C7H16O.3C6H14O.CH4/c5*1-5(2)7(8)6(3)4;3*1-4-7(8)5-6(2)3;3*1-4-6(7)5(2)3;/h5*5-8H,1-4H3;3*6-8H,4-5H2,1-3H3;3*5-7H,4H2,1-3H3;1H4/t;;;;;2*7-;;2*6-;;/m.....10.10../s1. The van der Waals surface area contributed by atoms with Crippen LogP contribution in [0, 0.1) is 94.7 Å². The molecule has 86 heavy (non-hydrogen) atoms. The van der Waals surface area contributed by atoms with E-state index < -0.39 is 0 Å². The Morgan fingerprint density at radius 1 is 0.174 bits per heavy atom. The summed E-state index contributed by atoms with van der Waals surface area (Å²) in [7, 11) is 0. The van der Waals surface area contributed by atoms with Crippen molar-refractivity contribution in [2.45, 2.75) is 395 Å². The van der Waals surface area contributed by atoms with Crippen LogP contribution in [-0.2, 0) is 0 Å². The zero-order valence-corrected chi connectivity index (χ0v) is 64.9. The third-order valence-corrected chi connectivity index (χ3v) is 14.0. The van der Waals surface area contributed by atoms with E-state index >= 15 is 0 Å². The molecule has 0 aromatic carbocycles. The topological polar surface area (TPSA) is 223 Å². The molecular weight excluding hydrogens is 1080 g/mol. The van der Waals surface area contributed by atoms with Gasteiger partial charge in [0.1, 0.15) is 0 Å². The number of aliphatic hydroxyl groups is 11. The molecule has 540 valence electrons. The lowest BCUT2D eigenvalue weighted by Gasteiger charge is -2.17. The van der Waals surface area contributed by atoms with Gasteiger partial charge < -0.3 is 56.2 Å². The van der Waals surface area contributed by atoms with Crippen molar-refractivity contribution in [2.75, 3.05) is 0 Å². The molecule has 2 unspecified atom stereocenters. The summed E-state index contributed by atoms with van der Waals surface area (Å²) in [5.74, 6) is 7.13. The van der Waals surface area contributed by atoms with Gasteiger partial charge in [0.05, 0.1) is 67.1 Å². The second kappa shape index (κ2) is 73.6. The fourth-order valence-corrected chi connectivity index (χ4v) is 7.40. The molecule has 0 aromatic heterocycles. The monoisotopic (exact) mass is 1250 g/mol. The second-order valence-electron chi connectivity index (χ2n) is 29.6. The zero-order chi connectivity index (χ0) is 71.0. The van der Waals surface area contributed by atoms with Crippen LogP contribution in [0.25, 0.3) is 0 Å². The predicted octanol–water partition coefficient (Wildman–Crippen LogP) is 18.6. The first kappa shape index (κ1) is 113. The minimum atomic E-state index is -0.130. The highest BCUT2D eigenvalue weighted by Gasteiger charge is 2.15. The Kier molecular flexibility index (Phi) is 96.8. The van der Waals surface area contributed by atoms with E-state index in [-0.39, 0.29) is 74.6 Å². The first-order valence-corrected chi connectivity index (χ1v) is 34.8. The summed E-state index contributed by atoms with van der Waals surface area (Å²) in [5, 5.41) is 99.9. The third kappa shape index (κ3) is 99.8. The lowest BCUT2D eigenvalue weighted by molar-refractivity contribution is 0.0800. The number of rotatable bonds is 25. The molecule has 0 aliphatic heterocycles. The van der Waals surface area contributed by atoms with Crippen molar-refractivity contribution in [3.05, 3.63) is 0 Å². The minimum Gasteiger partial charge on any atom is -0.393 e. The Morgan fingerprint density at radius 2 is 0.279 bits per heavy atom. The molecule has 11 heteroatoms. The normalized spacial score (nSPS) is 13.3. The highest BCUT2D eigenvalue weighted by atomic mass is 16.3. The van der Waals surface area contributed by atoms with Crippen molar-refractivity contribution in [3.63, 3.8) is 0 Å². The van der Waals surface area contributed by atoms with Gasteiger partial charge in [0.15, 0.2) is 0 Å². The van der Waals surface area contributed by atoms with Crippen LogP contribution in [0.3, 0.4) is 0 Å². The summed E-state index contributed by atoms with van der Waals surface area (Å²) >= 11 is 0. The smallest absolute Gasteiger partial charge is 0.0586 e. The van der Waals surface area contributed by atoms with Gasteiger partial charge in [-0.25, -0.2) is 0 Å². The van der Waals surface area contributed by atoms with E-state index in [1.807, 2.05) is 222 Å². The van der Waals surface area contributed by atoms with Crippen molar-refractivity contribution in [2.24, 2.45) is 94.7 Å². The van der Waals surface area contributed by atoms with E-state index in [0.29, 0.717) is 94.7 Å². The molecular formula is C75H174O11. The lowest BCUT2D eigenvalue weighted by atomic mass is 9.97. The quantitative estimate of drug-likeness (QED) is 0.0413. The van der Waals surface area contributed by atoms with E-state index in [1.165, 1.54) is 0 Å². The Hall–Kier alpha value is -0.440. The van der Waals surface area contributed by atoms with Gasteiger partial charge in [-0.1, -0.05) is 271 Å². The summed E-state index contributed by atoms with van der Waals surface area (Å²) < 4.78 is 0. The predicted molar refractivity (Wildman–Crippen MR) is 386 cm³/mol. The molecule has 0 saturated heterocycles. The average molecular weight is 1250 g/mol. The van der Waals surface area contributed by atoms with Crippen molar-refractivity contribution in [3.8, 4) is 0 Å². The SMILES string of the molecule is C.CC(C)C(O)C(C)C.CC(C)C(O)C(C)C.CC(C)C(O)C(C)C.CC(C)C(O)C(C)C.CC(C)C(O)C(C)C.CCC(O)C(C)C.CCC(O)CC(C)C.CC[C@@H](O)C(C)C.CC[C@@H](O)CC(C)C.CC[C@H](O)C(C)C.CC[C@H](O)CC(C)C. The average Bonchev–Trinajstić information content (AvgIpc) is 3.39. The van der Waals surface area contributed by atoms with Crippen LogP contribution in [0.15, 0.2) is 0 Å². The minimum absolute atomic E-state index is 0. The maximum atomic E-state index is 9.20. The zero-order valence-electron chi connectivity index (χ0n) is 64.9. The van der Waals surface area contributed by atoms with Crippen LogP contribution in [0.5, 0.6) is 0 Å². The van der Waals surface area contributed by atoms with Crippen LogP contribution in [0.2, 0.25) is 0 Å². The Bertz CT molecular complexity index is 968. The first-order valence-electron chi connectivity index (χ1n) is 34.8. The van der Waals surface area contributed by atoms with Gasteiger partial charge in [0, 0.05) is 0 Å². The van der Waals surface area contributed by atoms with Gasteiger partial charge in [-0.2, -0.15) is 0 Å². The molecule has 11 N–H and O–H groups in total. The maximum Gasteiger partial charge on any atom is 0.0586 e. The van der Waals surface area contributed by atoms with Gasteiger partial charge in [-0.3, -0.25) is 0 Å². The molecule has 11 nitrogen and oxygen atoms in total. The molecule has 0 amide bonds. The summed E-state index contributed by atoms with van der Waals surface area (Å²) in [4.78, 5) is 0. The third-order valence-electron chi connectivity index (χ3n) is 14.0. The van der Waals surface area contributed by atoms with E-state index in [1.54, 1.807) is 0 Å². The largest absolute Gasteiger partial charge is 0.393 e. The van der Waals surface area contributed by atoms with Crippen molar-refractivity contribution < 1.29 is 56.2 Å². The highest BCUT2D eigenvalue weighted by molar-refractivity contribution is 4.66. The lowest BCUT2D eigenvalue weighted by Crippen LogP contribution is -2.20. The van der Waals surface area contributed by atoms with Gasteiger partial charge >= 0.3 is 0 Å². The molecule has 0 radical (unpaired) electrons. The van der Waals surface area contributed by atoms with Gasteiger partial charge in [-0.15, -0.1) is 0 Å². The van der Waals surface area contributed by atoms with Crippen LogP contribution < -0.4 is 0 Å². The summed E-state index contributed by atoms with van der Waals surface area (Å²) in [6.07, 6.45) is 6.94. The van der Waals surface area contributed by atoms with Crippen LogP contribution in [0.4, 0.5) is 0 Å². The second-order valence-corrected chi connectivity index (χ2v) is 29.6. The van der Waals surface area contributed by atoms with E-state index in [2.05, 4.69) is 41.5 Å². The molecule has 0 spiro atoms. The van der Waals surface area contributed by atoms with Crippen LogP contribution in [0.1, 0.15) is 328 Å². The van der Waals surface area contributed by atoms with E-state index in [4.69, 9.17) is 30.6 Å². The van der Waals surface area contributed by atoms with E-state index in [9.17, 15) is 25.5 Å². The molecule has 0 aromatic rings. The Morgan fingerprint density at radius 3 is 0.291 bits per heavy atom. The molecule has 6 atom stereocenters. The summed E-state index contributed by atoms with van der Waals surface area (Å²) in [6.45, 7) is 77.5. The molecule has 0 aliphatic carbocycles. The molecule has 0 heterocycles. The number of aliphatic hydroxyl groups excluding tert-OH is 11. The molecule has 0 aliphatic rings. The summed E-state index contributed by atoms with van der Waals surface area (Å²) in [5.41, 5.74) is 0. The fourth-order valence-electron chi connectivity index (χ4n) is 7.40. The molecule has 0 saturated carbocycles. The van der Waals surface area contributed by atoms with Gasteiger partial charge in [0.2, 0.25) is 0 Å². The number of hydrogen-bond acceptors (Lipinski definition) is 11. The molecule has 0 rings (SSSR count). The van der Waals surface area contributed by atoms with Crippen molar-refractivity contribution >= 4 is 0 Å². The highest BCUT2D eigenvalue weighted by Crippen LogP contribution is 2.14.